The number of benzene rings is 1. The van der Waals surface area contributed by atoms with Gasteiger partial charge in [0.05, 0.1) is 5.56 Å². The molecule has 0 saturated carbocycles. The second kappa shape index (κ2) is 6.68. The number of amides is 1. The average molecular weight is 371 g/mol. The Kier molecular flexibility index (Phi) is 4.01. The normalized spacial score (nSPS) is 21.1. The Labute approximate surface area is 163 Å². The molecular formula is C22H21N5O. The van der Waals surface area contributed by atoms with Gasteiger partial charge in [0.1, 0.15) is 18.4 Å². The maximum atomic E-state index is 12.9. The van der Waals surface area contributed by atoms with E-state index in [2.05, 4.69) is 34.2 Å². The van der Waals surface area contributed by atoms with Crippen molar-refractivity contribution in [2.45, 2.75) is 6.54 Å². The lowest BCUT2D eigenvalue weighted by Crippen LogP contribution is -2.35. The van der Waals surface area contributed by atoms with Crippen molar-refractivity contribution in [2.24, 2.45) is 11.8 Å². The van der Waals surface area contributed by atoms with Crippen LogP contribution < -0.4 is 4.90 Å². The number of para-hydroxylation sites is 1. The number of hydrogen-bond donors (Lipinski definition) is 0. The highest BCUT2D eigenvalue weighted by Gasteiger charge is 2.41. The zero-order valence-corrected chi connectivity index (χ0v) is 15.5. The van der Waals surface area contributed by atoms with Crippen LogP contribution in [0.3, 0.4) is 0 Å². The monoisotopic (exact) mass is 371 g/mol. The summed E-state index contributed by atoms with van der Waals surface area (Å²) in [5.74, 6) is 2.09. The second-order valence-corrected chi connectivity index (χ2v) is 7.74. The van der Waals surface area contributed by atoms with Crippen LogP contribution in [-0.2, 0) is 11.3 Å². The summed E-state index contributed by atoms with van der Waals surface area (Å²) in [6.45, 7) is 3.86. The van der Waals surface area contributed by atoms with Gasteiger partial charge in [-0.05, 0) is 29.7 Å². The maximum absolute atomic E-state index is 12.9. The lowest BCUT2D eigenvalue weighted by atomic mass is 10.0. The number of carbonyl (C=O) groups is 1. The van der Waals surface area contributed by atoms with Crippen LogP contribution >= 0.6 is 0 Å². The quantitative estimate of drug-likeness (QED) is 0.710. The van der Waals surface area contributed by atoms with E-state index in [-0.39, 0.29) is 5.91 Å². The van der Waals surface area contributed by atoms with Crippen LogP contribution in [0.2, 0.25) is 0 Å². The number of fused-ring (bicyclic) bond motifs is 2. The molecule has 28 heavy (non-hydrogen) atoms. The molecule has 0 spiro atoms. The van der Waals surface area contributed by atoms with Gasteiger partial charge >= 0.3 is 0 Å². The van der Waals surface area contributed by atoms with Gasteiger partial charge in [-0.15, -0.1) is 0 Å². The van der Waals surface area contributed by atoms with E-state index in [1.165, 1.54) is 5.39 Å². The topological polar surface area (TPSA) is 65.2 Å². The lowest BCUT2D eigenvalue weighted by molar-refractivity contribution is -0.131. The van der Waals surface area contributed by atoms with Gasteiger partial charge in [0, 0.05) is 55.9 Å². The van der Waals surface area contributed by atoms with Crippen molar-refractivity contribution in [2.75, 3.05) is 31.1 Å². The maximum Gasteiger partial charge on any atom is 0.242 e. The molecule has 0 bridgehead atoms. The van der Waals surface area contributed by atoms with Crippen molar-refractivity contribution in [3.8, 4) is 6.07 Å². The Morgan fingerprint density at radius 3 is 2.57 bits per heavy atom. The molecule has 6 heteroatoms. The minimum atomic E-state index is 0.193. The molecule has 2 aromatic heterocycles. The van der Waals surface area contributed by atoms with Crippen LogP contribution in [0.5, 0.6) is 0 Å². The molecule has 2 aliphatic rings. The zero-order chi connectivity index (χ0) is 19.1. The number of pyridine rings is 1. The van der Waals surface area contributed by atoms with Crippen molar-refractivity contribution in [1.82, 2.24) is 14.5 Å². The summed E-state index contributed by atoms with van der Waals surface area (Å²) in [5.41, 5.74) is 1.69. The van der Waals surface area contributed by atoms with E-state index in [4.69, 9.17) is 5.26 Å². The van der Waals surface area contributed by atoms with Crippen LogP contribution in [0.1, 0.15) is 5.56 Å². The minimum Gasteiger partial charge on any atom is -0.356 e. The predicted molar refractivity (Wildman–Crippen MR) is 107 cm³/mol. The number of nitriles is 1. The molecule has 1 amide bonds. The van der Waals surface area contributed by atoms with E-state index in [0.717, 1.165) is 37.5 Å². The van der Waals surface area contributed by atoms with Gasteiger partial charge in [-0.25, -0.2) is 4.98 Å². The van der Waals surface area contributed by atoms with Crippen molar-refractivity contribution < 1.29 is 4.79 Å². The molecule has 2 aliphatic heterocycles. The van der Waals surface area contributed by atoms with Crippen LogP contribution in [0, 0.1) is 23.2 Å². The third-order valence-corrected chi connectivity index (χ3v) is 6.03. The molecule has 2 atom stereocenters. The van der Waals surface area contributed by atoms with E-state index in [9.17, 15) is 4.79 Å². The number of nitrogens with zero attached hydrogens (tertiary/aromatic N) is 5. The minimum absolute atomic E-state index is 0.193. The molecule has 140 valence electrons. The van der Waals surface area contributed by atoms with Crippen molar-refractivity contribution in [3.63, 3.8) is 0 Å². The highest BCUT2D eigenvalue weighted by molar-refractivity contribution is 5.83. The van der Waals surface area contributed by atoms with Crippen molar-refractivity contribution in [3.05, 3.63) is 60.4 Å². The number of hydrogen-bond acceptors (Lipinski definition) is 4. The van der Waals surface area contributed by atoms with Gasteiger partial charge in [0.2, 0.25) is 5.91 Å². The van der Waals surface area contributed by atoms with Crippen LogP contribution in [0.4, 0.5) is 5.82 Å². The highest BCUT2D eigenvalue weighted by atomic mass is 16.2. The Morgan fingerprint density at radius 2 is 1.86 bits per heavy atom. The first-order chi connectivity index (χ1) is 13.7. The third-order valence-electron chi connectivity index (χ3n) is 6.03. The highest BCUT2D eigenvalue weighted by Crippen LogP contribution is 2.33. The molecule has 1 aromatic carbocycles. The summed E-state index contributed by atoms with van der Waals surface area (Å²) < 4.78 is 2.04. The molecule has 2 saturated heterocycles. The molecular weight excluding hydrogens is 350 g/mol. The summed E-state index contributed by atoms with van der Waals surface area (Å²) in [7, 11) is 0. The first-order valence-corrected chi connectivity index (χ1v) is 9.64. The first-order valence-electron chi connectivity index (χ1n) is 9.64. The van der Waals surface area contributed by atoms with Gasteiger partial charge in [-0.2, -0.15) is 5.26 Å². The Bertz CT molecular complexity index is 1050. The SMILES string of the molecule is N#Cc1ccc(N2CC3CN(C(=O)Cn4ccc5ccccc54)CC3C2)nc1. The molecule has 3 aromatic rings. The van der Waals surface area contributed by atoms with Crippen molar-refractivity contribution >= 4 is 22.6 Å². The molecule has 2 fully saturated rings. The number of likely N-dealkylation sites (tertiary alicyclic amines) is 1. The predicted octanol–water partition coefficient (Wildman–Crippen LogP) is 2.50. The summed E-state index contributed by atoms with van der Waals surface area (Å²) in [5, 5.41) is 10.1. The van der Waals surface area contributed by atoms with Gasteiger partial charge in [0.15, 0.2) is 0 Å². The summed E-state index contributed by atoms with van der Waals surface area (Å²) in [4.78, 5) is 21.6. The molecule has 4 heterocycles. The molecule has 6 nitrogen and oxygen atoms in total. The van der Waals surface area contributed by atoms with Crippen LogP contribution in [-0.4, -0.2) is 46.5 Å². The van der Waals surface area contributed by atoms with E-state index >= 15 is 0 Å². The number of rotatable bonds is 3. The van der Waals surface area contributed by atoms with Gasteiger partial charge in [-0.3, -0.25) is 4.79 Å². The summed E-state index contributed by atoms with van der Waals surface area (Å²) in [6, 6.07) is 16.1. The van der Waals surface area contributed by atoms with E-state index in [1.807, 2.05) is 39.9 Å². The molecule has 0 radical (unpaired) electrons. The fourth-order valence-corrected chi connectivity index (χ4v) is 4.55. The second-order valence-electron chi connectivity index (χ2n) is 7.74. The zero-order valence-electron chi connectivity index (χ0n) is 15.5. The smallest absolute Gasteiger partial charge is 0.242 e. The Hall–Kier alpha value is -3.33. The lowest BCUT2D eigenvalue weighted by Gasteiger charge is -2.22. The number of aromatic nitrogens is 2. The van der Waals surface area contributed by atoms with Gasteiger partial charge in [0.25, 0.3) is 0 Å². The summed E-state index contributed by atoms with van der Waals surface area (Å²) in [6.07, 6.45) is 3.62. The largest absolute Gasteiger partial charge is 0.356 e. The summed E-state index contributed by atoms with van der Waals surface area (Å²) >= 11 is 0. The fourth-order valence-electron chi connectivity index (χ4n) is 4.55. The van der Waals surface area contributed by atoms with E-state index in [0.29, 0.717) is 23.9 Å². The first kappa shape index (κ1) is 16.8. The molecule has 2 unspecified atom stereocenters. The van der Waals surface area contributed by atoms with E-state index in [1.54, 1.807) is 6.20 Å². The number of anilines is 1. The fraction of sp³-hybridized carbons (Fsp3) is 0.318. The standard InChI is InChI=1S/C22H21N5O/c23-9-16-5-6-21(24-10-16)26-11-18-13-27(14-19(18)12-26)22(28)15-25-8-7-17-3-1-2-4-20(17)25/h1-8,10,18-19H,11-15H2. The van der Waals surface area contributed by atoms with Crippen LogP contribution in [0.25, 0.3) is 10.9 Å². The third kappa shape index (κ3) is 2.89. The molecule has 5 rings (SSSR count). The van der Waals surface area contributed by atoms with Crippen molar-refractivity contribution in [1.29, 1.82) is 5.26 Å². The Morgan fingerprint density at radius 1 is 1.07 bits per heavy atom. The average Bonchev–Trinajstić information content (AvgIpc) is 3.41. The molecule has 0 aliphatic carbocycles. The van der Waals surface area contributed by atoms with E-state index < -0.39 is 0 Å². The van der Waals surface area contributed by atoms with Crippen LogP contribution in [0.15, 0.2) is 54.9 Å². The molecule has 0 N–H and O–H groups in total. The van der Waals surface area contributed by atoms with Gasteiger partial charge in [-0.1, -0.05) is 18.2 Å². The van der Waals surface area contributed by atoms with Gasteiger partial charge < -0.3 is 14.4 Å². The Balaban J connectivity index is 1.22. The number of carbonyl (C=O) groups excluding carboxylic acids is 1.